The molecular weight excluding hydrogens is 304 g/mol. The van der Waals surface area contributed by atoms with Crippen molar-refractivity contribution in [2.45, 2.75) is 52.7 Å². The van der Waals surface area contributed by atoms with Crippen LogP contribution in [0.15, 0.2) is 17.3 Å². The summed E-state index contributed by atoms with van der Waals surface area (Å²) in [6.07, 6.45) is 1.12. The predicted molar refractivity (Wildman–Crippen MR) is 82.3 cm³/mol. The van der Waals surface area contributed by atoms with Crippen molar-refractivity contribution in [2.24, 2.45) is 5.16 Å². The van der Waals surface area contributed by atoms with E-state index in [0.717, 1.165) is 12.1 Å². The maximum Gasteiger partial charge on any atom is 0.144 e. The molecule has 2 N–H and O–H groups in total. The summed E-state index contributed by atoms with van der Waals surface area (Å²) in [4.78, 5) is 23.8. The molecule has 0 amide bonds. The number of aliphatic hydroxyl groups is 1. The van der Waals surface area contributed by atoms with Gasteiger partial charge in [-0.1, -0.05) is 12.1 Å². The Labute approximate surface area is 136 Å². The van der Waals surface area contributed by atoms with Crippen molar-refractivity contribution < 1.29 is 29.7 Å². The van der Waals surface area contributed by atoms with Gasteiger partial charge in [-0.3, -0.25) is 0 Å². The third-order valence-corrected chi connectivity index (χ3v) is 2.22. The summed E-state index contributed by atoms with van der Waals surface area (Å²) < 4.78 is 0. The van der Waals surface area contributed by atoms with Crippen LogP contribution in [0.4, 0.5) is 0 Å². The molecule has 0 spiro atoms. The van der Waals surface area contributed by atoms with Crippen molar-refractivity contribution in [3.63, 3.8) is 0 Å². The molecule has 0 bridgehead atoms. The van der Waals surface area contributed by atoms with Gasteiger partial charge in [-0.15, -0.1) is 0 Å². The molecule has 1 unspecified atom stereocenters. The molecule has 0 saturated heterocycles. The highest BCUT2D eigenvalue weighted by Gasteiger charge is 2.12. The number of carboxylic acids is 2. The van der Waals surface area contributed by atoms with Gasteiger partial charge in [0, 0.05) is 12.1 Å². The molecule has 0 radical (unpaired) electrons. The fourth-order valence-electron chi connectivity index (χ4n) is 0.917. The van der Waals surface area contributed by atoms with Crippen molar-refractivity contribution in [1.29, 1.82) is 0 Å². The smallest absolute Gasteiger partial charge is 0.144 e. The molecule has 0 aliphatic carbocycles. The fourth-order valence-corrected chi connectivity index (χ4v) is 0.917. The first kappa shape index (κ1) is 23.3. The lowest BCUT2D eigenvalue weighted by atomic mass is 10.1. The second kappa shape index (κ2) is 12.6. The quantitative estimate of drug-likeness (QED) is 0.317. The highest BCUT2D eigenvalue weighted by molar-refractivity contribution is 5.87. The molecule has 0 aliphatic heterocycles. The molecule has 134 valence electrons. The van der Waals surface area contributed by atoms with Crippen LogP contribution in [0.3, 0.4) is 0 Å². The zero-order valence-electron chi connectivity index (χ0n) is 14.3. The molecule has 0 aromatic rings. The minimum atomic E-state index is -1.55. The molecule has 0 aliphatic rings. The minimum Gasteiger partial charge on any atom is -0.545 e. The Bertz CT molecular complexity index is 397. The molecule has 0 heterocycles. The average Bonchev–Trinajstić information content (AvgIpc) is 2.42. The summed E-state index contributed by atoms with van der Waals surface area (Å²) in [5.41, 5.74) is 0.954. The van der Waals surface area contributed by atoms with E-state index in [9.17, 15) is 24.9 Å². The van der Waals surface area contributed by atoms with Crippen LogP contribution in [0, 0.1) is 0 Å². The van der Waals surface area contributed by atoms with Gasteiger partial charge < -0.3 is 35.1 Å². The van der Waals surface area contributed by atoms with Crippen LogP contribution in [0.2, 0.25) is 0 Å². The Morgan fingerprint density at radius 1 is 1.26 bits per heavy atom. The van der Waals surface area contributed by atoms with Crippen LogP contribution >= 0.6 is 0 Å². The largest absolute Gasteiger partial charge is 0.545 e. The molecule has 1 atom stereocenters. The first-order valence-electron chi connectivity index (χ1n) is 7.16. The standard InChI is InChI=1S/C11H24N2O2.C4H4O4/c1-6-9(2)13-15-8-10(14)7-12-11(3,4)5;5-3(6)1-2-4(7)8/h10,12,14H,6-8H2,1-5H3;1-2H,(H,5,6)(H,7,8)/p-2/b13-9-;2-1-. The van der Waals surface area contributed by atoms with Gasteiger partial charge in [-0.2, -0.15) is 0 Å². The van der Waals surface area contributed by atoms with Crippen LogP contribution in [-0.2, 0) is 14.4 Å². The number of carbonyl (C=O) groups excluding carboxylic acids is 2. The number of oxime groups is 1. The molecule has 0 rings (SSSR count). The van der Waals surface area contributed by atoms with E-state index in [0.29, 0.717) is 18.7 Å². The maximum absolute atomic E-state index is 9.54. The number of carbonyl (C=O) groups is 2. The van der Waals surface area contributed by atoms with Crippen LogP contribution < -0.4 is 15.5 Å². The lowest BCUT2D eigenvalue weighted by molar-refractivity contribution is -0.301. The van der Waals surface area contributed by atoms with Crippen LogP contribution in [-0.4, -0.2) is 47.6 Å². The van der Waals surface area contributed by atoms with Crippen LogP contribution in [0.1, 0.15) is 41.0 Å². The van der Waals surface area contributed by atoms with E-state index in [2.05, 4.69) is 31.2 Å². The van der Waals surface area contributed by atoms with Gasteiger partial charge in [0.15, 0.2) is 0 Å². The molecule has 23 heavy (non-hydrogen) atoms. The molecule has 0 aromatic carbocycles. The van der Waals surface area contributed by atoms with E-state index in [1.807, 2.05) is 13.8 Å². The lowest BCUT2D eigenvalue weighted by Crippen LogP contribution is -2.42. The second-order valence-electron chi connectivity index (χ2n) is 5.73. The highest BCUT2D eigenvalue weighted by Crippen LogP contribution is 1.98. The van der Waals surface area contributed by atoms with Crippen LogP contribution in [0.25, 0.3) is 0 Å². The summed E-state index contributed by atoms with van der Waals surface area (Å²) in [6, 6.07) is 0. The van der Waals surface area contributed by atoms with Gasteiger partial charge in [0.1, 0.15) is 12.7 Å². The lowest BCUT2D eigenvalue weighted by Gasteiger charge is -2.22. The van der Waals surface area contributed by atoms with E-state index in [-0.39, 0.29) is 12.1 Å². The van der Waals surface area contributed by atoms with Crippen molar-refractivity contribution in [3.8, 4) is 0 Å². The van der Waals surface area contributed by atoms with E-state index in [4.69, 9.17) is 4.84 Å². The number of rotatable bonds is 8. The average molecular weight is 330 g/mol. The van der Waals surface area contributed by atoms with E-state index in [1.165, 1.54) is 0 Å². The number of hydrogen-bond donors (Lipinski definition) is 2. The first-order chi connectivity index (χ1) is 10.5. The van der Waals surface area contributed by atoms with Gasteiger partial charge in [-0.25, -0.2) is 0 Å². The fraction of sp³-hybridized carbons (Fsp3) is 0.667. The van der Waals surface area contributed by atoms with Crippen molar-refractivity contribution >= 4 is 17.7 Å². The molecule has 8 nitrogen and oxygen atoms in total. The monoisotopic (exact) mass is 330 g/mol. The number of nitrogens with one attached hydrogen (secondary N) is 1. The SMILES string of the molecule is CC/C(C)=N\OCC(O)CNC(C)(C)C.O=C([O-])/C=C\C(=O)[O-]. The summed E-state index contributed by atoms with van der Waals surface area (Å²) in [6.45, 7) is 10.8. The number of β-amino-alcohol motifs (C(OH)–C–C–N with tert-alkyl or cyclic N) is 1. The van der Waals surface area contributed by atoms with Crippen molar-refractivity contribution in [2.75, 3.05) is 13.2 Å². The number of nitrogens with zero attached hydrogens (tertiary/aromatic N) is 1. The zero-order valence-corrected chi connectivity index (χ0v) is 14.3. The van der Waals surface area contributed by atoms with Gasteiger partial charge in [0.25, 0.3) is 0 Å². The Balaban J connectivity index is 0. The predicted octanol–water partition coefficient (Wildman–Crippen LogP) is -1.42. The molecule has 0 saturated carbocycles. The summed E-state index contributed by atoms with van der Waals surface area (Å²) in [5.74, 6) is -3.09. The zero-order chi connectivity index (χ0) is 18.5. The van der Waals surface area contributed by atoms with Gasteiger partial charge >= 0.3 is 0 Å². The van der Waals surface area contributed by atoms with Crippen LogP contribution in [0.5, 0.6) is 0 Å². The summed E-state index contributed by atoms with van der Waals surface area (Å²) >= 11 is 0. The van der Waals surface area contributed by atoms with E-state index < -0.39 is 18.0 Å². The molecule has 8 heteroatoms. The Hall–Kier alpha value is -1.93. The van der Waals surface area contributed by atoms with E-state index >= 15 is 0 Å². The number of aliphatic carboxylic acids is 2. The summed E-state index contributed by atoms with van der Waals surface area (Å²) in [5, 5.41) is 35.4. The van der Waals surface area contributed by atoms with E-state index in [1.54, 1.807) is 0 Å². The number of aliphatic hydroxyl groups excluding tert-OH is 1. The molecule has 0 aromatic heterocycles. The Morgan fingerprint density at radius 3 is 2.09 bits per heavy atom. The third-order valence-electron chi connectivity index (χ3n) is 2.22. The minimum absolute atomic E-state index is 0.0174. The molecular formula is C15H26N2O6-2. The van der Waals surface area contributed by atoms with Crippen molar-refractivity contribution in [1.82, 2.24) is 5.32 Å². The number of carboxylic acid groups (broad SMARTS) is 2. The number of hydrogen-bond acceptors (Lipinski definition) is 8. The van der Waals surface area contributed by atoms with Gasteiger partial charge in [-0.05, 0) is 46.3 Å². The normalized spacial score (nSPS) is 13.2. The third kappa shape index (κ3) is 22.5. The highest BCUT2D eigenvalue weighted by atomic mass is 16.6. The summed E-state index contributed by atoms with van der Waals surface area (Å²) in [7, 11) is 0. The Morgan fingerprint density at radius 2 is 1.74 bits per heavy atom. The van der Waals surface area contributed by atoms with Crippen molar-refractivity contribution in [3.05, 3.63) is 12.2 Å². The van der Waals surface area contributed by atoms with Gasteiger partial charge in [0.2, 0.25) is 0 Å². The van der Waals surface area contributed by atoms with Gasteiger partial charge in [0.05, 0.1) is 17.7 Å². The first-order valence-corrected chi connectivity index (χ1v) is 7.16. The Kier molecular flexibility index (Phi) is 12.8. The maximum atomic E-state index is 9.54. The topological polar surface area (TPSA) is 134 Å². The second-order valence-corrected chi connectivity index (χ2v) is 5.73. The molecule has 0 fully saturated rings.